The van der Waals surface area contributed by atoms with Crippen molar-refractivity contribution >= 4 is 33.5 Å². The van der Waals surface area contributed by atoms with Crippen molar-refractivity contribution in [2.24, 2.45) is 0 Å². The molecule has 20 heavy (non-hydrogen) atoms. The maximum absolute atomic E-state index is 4.84. The summed E-state index contributed by atoms with van der Waals surface area (Å²) in [6.07, 6.45) is 6.30. The van der Waals surface area contributed by atoms with Crippen LogP contribution < -0.4 is 5.32 Å². The fourth-order valence-electron chi connectivity index (χ4n) is 2.60. The zero-order chi connectivity index (χ0) is 14.4. The molecule has 0 spiro atoms. The van der Waals surface area contributed by atoms with Crippen LogP contribution in [0.15, 0.2) is 4.47 Å². The van der Waals surface area contributed by atoms with Crippen LogP contribution in [0.4, 0.5) is 5.82 Å². The molecule has 2 rings (SSSR count). The normalized spacial score (nSPS) is 15.8. The Labute approximate surface area is 134 Å². The Kier molecular flexibility index (Phi) is 6.62. The molecule has 112 valence electrons. The molecule has 0 saturated heterocycles. The van der Waals surface area contributed by atoms with E-state index < -0.39 is 0 Å². The quantitative estimate of drug-likeness (QED) is 0.747. The van der Waals surface area contributed by atoms with E-state index in [-0.39, 0.29) is 0 Å². The van der Waals surface area contributed by atoms with Gasteiger partial charge < -0.3 is 5.32 Å². The minimum Gasteiger partial charge on any atom is -0.369 e. The first-order chi connectivity index (χ1) is 9.76. The SMILES string of the molecule is CCCNc1nc(CSCC)nc(C2CCCC2)c1Br. The number of rotatable bonds is 7. The summed E-state index contributed by atoms with van der Waals surface area (Å²) in [7, 11) is 0. The number of nitrogens with one attached hydrogen (secondary N) is 1. The van der Waals surface area contributed by atoms with Crippen LogP contribution >= 0.6 is 27.7 Å². The Hall–Kier alpha value is -0.290. The molecule has 0 radical (unpaired) electrons. The number of hydrogen-bond acceptors (Lipinski definition) is 4. The molecule has 1 aromatic rings. The second-order valence-electron chi connectivity index (χ2n) is 5.23. The van der Waals surface area contributed by atoms with Gasteiger partial charge in [0.1, 0.15) is 11.6 Å². The van der Waals surface area contributed by atoms with Crippen LogP contribution in [-0.4, -0.2) is 22.3 Å². The van der Waals surface area contributed by atoms with Crippen LogP contribution in [0, 0.1) is 0 Å². The zero-order valence-electron chi connectivity index (χ0n) is 12.4. The molecule has 0 aliphatic heterocycles. The maximum atomic E-state index is 4.84. The third-order valence-electron chi connectivity index (χ3n) is 3.64. The summed E-state index contributed by atoms with van der Waals surface area (Å²) in [6.45, 7) is 5.31. The van der Waals surface area contributed by atoms with Crippen LogP contribution in [0.2, 0.25) is 0 Å². The maximum Gasteiger partial charge on any atom is 0.144 e. The molecule has 1 N–H and O–H groups in total. The Balaban J connectivity index is 2.26. The first kappa shape index (κ1) is 16.1. The van der Waals surface area contributed by atoms with E-state index in [1.807, 2.05) is 11.8 Å². The van der Waals surface area contributed by atoms with Crippen molar-refractivity contribution in [2.75, 3.05) is 17.6 Å². The molecule has 3 nitrogen and oxygen atoms in total. The summed E-state index contributed by atoms with van der Waals surface area (Å²) >= 11 is 5.61. The van der Waals surface area contributed by atoms with Gasteiger partial charge in [-0.2, -0.15) is 11.8 Å². The van der Waals surface area contributed by atoms with Crippen LogP contribution in [-0.2, 0) is 5.75 Å². The van der Waals surface area contributed by atoms with E-state index in [0.717, 1.165) is 40.6 Å². The van der Waals surface area contributed by atoms with Gasteiger partial charge >= 0.3 is 0 Å². The second kappa shape index (κ2) is 8.23. The van der Waals surface area contributed by atoms with Gasteiger partial charge in [0, 0.05) is 12.5 Å². The van der Waals surface area contributed by atoms with Gasteiger partial charge in [-0.05, 0) is 40.9 Å². The molecule has 0 aromatic carbocycles. The van der Waals surface area contributed by atoms with Crippen molar-refractivity contribution in [3.8, 4) is 0 Å². The molecule has 1 aliphatic rings. The van der Waals surface area contributed by atoms with Crippen molar-refractivity contribution in [3.05, 3.63) is 16.0 Å². The van der Waals surface area contributed by atoms with E-state index in [9.17, 15) is 0 Å². The number of halogens is 1. The molecule has 0 atom stereocenters. The molecule has 5 heteroatoms. The second-order valence-corrected chi connectivity index (χ2v) is 7.30. The molecular weight excluding hydrogens is 334 g/mol. The number of hydrogen-bond donors (Lipinski definition) is 1. The summed E-state index contributed by atoms with van der Waals surface area (Å²) in [5.74, 6) is 4.58. The summed E-state index contributed by atoms with van der Waals surface area (Å²) in [4.78, 5) is 9.53. The van der Waals surface area contributed by atoms with Crippen molar-refractivity contribution in [1.82, 2.24) is 9.97 Å². The van der Waals surface area contributed by atoms with E-state index in [0.29, 0.717) is 5.92 Å². The lowest BCUT2D eigenvalue weighted by molar-refractivity contribution is 0.683. The number of thioether (sulfide) groups is 1. The molecule has 0 bridgehead atoms. The van der Waals surface area contributed by atoms with E-state index in [2.05, 4.69) is 40.1 Å². The average Bonchev–Trinajstić information content (AvgIpc) is 2.98. The summed E-state index contributed by atoms with van der Waals surface area (Å²) in [5, 5.41) is 3.44. The smallest absolute Gasteiger partial charge is 0.144 e. The molecule has 0 amide bonds. The number of anilines is 1. The van der Waals surface area contributed by atoms with Crippen LogP contribution in [0.5, 0.6) is 0 Å². The van der Waals surface area contributed by atoms with Crippen LogP contribution in [0.25, 0.3) is 0 Å². The molecule has 1 aliphatic carbocycles. The van der Waals surface area contributed by atoms with E-state index >= 15 is 0 Å². The number of nitrogens with zero attached hydrogens (tertiary/aromatic N) is 2. The van der Waals surface area contributed by atoms with Gasteiger partial charge in [-0.25, -0.2) is 9.97 Å². The molecule has 1 heterocycles. The highest BCUT2D eigenvalue weighted by Gasteiger charge is 2.23. The highest BCUT2D eigenvalue weighted by molar-refractivity contribution is 9.10. The molecule has 1 fully saturated rings. The molecule has 1 saturated carbocycles. The zero-order valence-corrected chi connectivity index (χ0v) is 14.8. The summed E-state index contributed by atoms with van der Waals surface area (Å²) < 4.78 is 1.09. The first-order valence-corrected chi connectivity index (χ1v) is 9.58. The lowest BCUT2D eigenvalue weighted by atomic mass is 10.0. The predicted octanol–water partition coefficient (Wildman–Crippen LogP) is 4.97. The first-order valence-electron chi connectivity index (χ1n) is 7.64. The van der Waals surface area contributed by atoms with Gasteiger partial charge in [-0.15, -0.1) is 0 Å². The fourth-order valence-corrected chi connectivity index (χ4v) is 3.76. The van der Waals surface area contributed by atoms with Crippen LogP contribution in [0.3, 0.4) is 0 Å². The average molecular weight is 358 g/mol. The van der Waals surface area contributed by atoms with E-state index in [1.54, 1.807) is 0 Å². The van der Waals surface area contributed by atoms with Gasteiger partial charge in [0.05, 0.1) is 15.9 Å². The van der Waals surface area contributed by atoms with Gasteiger partial charge in [-0.1, -0.05) is 26.7 Å². The van der Waals surface area contributed by atoms with Crippen molar-refractivity contribution in [3.63, 3.8) is 0 Å². The highest BCUT2D eigenvalue weighted by Crippen LogP contribution is 2.39. The highest BCUT2D eigenvalue weighted by atomic mass is 79.9. The lowest BCUT2D eigenvalue weighted by Crippen LogP contribution is -2.10. The molecular formula is C15H24BrN3S. The fraction of sp³-hybridized carbons (Fsp3) is 0.733. The van der Waals surface area contributed by atoms with Crippen molar-refractivity contribution in [1.29, 1.82) is 0 Å². The third-order valence-corrected chi connectivity index (χ3v) is 5.30. The topological polar surface area (TPSA) is 37.8 Å². The van der Waals surface area contributed by atoms with Gasteiger partial charge in [0.25, 0.3) is 0 Å². The van der Waals surface area contributed by atoms with Crippen molar-refractivity contribution < 1.29 is 0 Å². The minimum absolute atomic E-state index is 0.611. The van der Waals surface area contributed by atoms with Gasteiger partial charge in [0.2, 0.25) is 0 Å². The Bertz CT molecular complexity index is 433. The Morgan fingerprint density at radius 3 is 2.65 bits per heavy atom. The summed E-state index contributed by atoms with van der Waals surface area (Å²) in [6, 6.07) is 0. The molecule has 0 unspecified atom stereocenters. The van der Waals surface area contributed by atoms with Gasteiger partial charge in [-0.3, -0.25) is 0 Å². The number of aromatic nitrogens is 2. The Morgan fingerprint density at radius 2 is 2.00 bits per heavy atom. The third kappa shape index (κ3) is 4.10. The standard InChI is InChI=1S/C15H24BrN3S/c1-3-9-17-15-13(16)14(11-7-5-6-8-11)18-12(19-15)10-20-4-2/h11H,3-10H2,1-2H3,(H,17,18,19). The Morgan fingerprint density at radius 1 is 1.25 bits per heavy atom. The van der Waals surface area contributed by atoms with Crippen LogP contribution in [0.1, 0.15) is 63.4 Å². The largest absolute Gasteiger partial charge is 0.369 e. The van der Waals surface area contributed by atoms with E-state index in [1.165, 1.54) is 31.4 Å². The minimum atomic E-state index is 0.611. The van der Waals surface area contributed by atoms with E-state index in [4.69, 9.17) is 4.98 Å². The lowest BCUT2D eigenvalue weighted by Gasteiger charge is -2.16. The van der Waals surface area contributed by atoms with Crippen molar-refractivity contribution in [2.45, 2.75) is 57.6 Å². The monoisotopic (exact) mass is 357 g/mol. The summed E-state index contributed by atoms with van der Waals surface area (Å²) in [5.41, 5.74) is 1.22. The predicted molar refractivity (Wildman–Crippen MR) is 91.6 cm³/mol. The van der Waals surface area contributed by atoms with Gasteiger partial charge in [0.15, 0.2) is 0 Å². The molecule has 1 aromatic heterocycles.